The average Bonchev–Trinajstić information content (AvgIpc) is 2.74. The van der Waals surface area contributed by atoms with E-state index in [-0.39, 0.29) is 6.03 Å². The number of nitrogens with one attached hydrogen (secondary N) is 2. The molecule has 2 rings (SSSR count). The first kappa shape index (κ1) is 11.7. The average molecular weight is 225 g/mol. The molecule has 1 saturated heterocycles. The lowest BCUT2D eigenvalue weighted by molar-refractivity contribution is 0.147. The SMILES string of the molecule is CC1CN(C(=O)NC2CCCC2)C(C)CN1. The Bertz CT molecular complexity index is 251. The highest BCUT2D eigenvalue weighted by molar-refractivity contribution is 5.75. The van der Waals surface area contributed by atoms with Gasteiger partial charge in [0.25, 0.3) is 0 Å². The first-order valence-electron chi connectivity index (χ1n) is 6.47. The van der Waals surface area contributed by atoms with E-state index < -0.39 is 0 Å². The minimum absolute atomic E-state index is 0.132. The third kappa shape index (κ3) is 2.67. The molecule has 1 aliphatic carbocycles. The predicted octanol–water partition coefficient (Wildman–Crippen LogP) is 1.32. The fourth-order valence-corrected chi connectivity index (χ4v) is 2.63. The lowest BCUT2D eigenvalue weighted by atomic mass is 10.1. The zero-order chi connectivity index (χ0) is 11.5. The highest BCUT2D eigenvalue weighted by atomic mass is 16.2. The summed E-state index contributed by atoms with van der Waals surface area (Å²) in [6, 6.07) is 1.26. The van der Waals surface area contributed by atoms with Crippen LogP contribution in [0.2, 0.25) is 0 Å². The molecule has 4 heteroatoms. The maximum absolute atomic E-state index is 12.1. The molecule has 0 aromatic rings. The Balaban J connectivity index is 1.86. The van der Waals surface area contributed by atoms with Crippen molar-refractivity contribution in [2.75, 3.05) is 13.1 Å². The van der Waals surface area contributed by atoms with Crippen LogP contribution in [-0.4, -0.2) is 42.1 Å². The van der Waals surface area contributed by atoms with Gasteiger partial charge in [0.05, 0.1) is 0 Å². The molecule has 2 fully saturated rings. The lowest BCUT2D eigenvalue weighted by Gasteiger charge is -2.38. The fourth-order valence-electron chi connectivity index (χ4n) is 2.63. The molecule has 2 atom stereocenters. The molecule has 0 spiro atoms. The second-order valence-electron chi connectivity index (χ2n) is 5.24. The molecule has 1 aliphatic heterocycles. The third-order valence-electron chi connectivity index (χ3n) is 3.71. The van der Waals surface area contributed by atoms with Crippen molar-refractivity contribution in [2.24, 2.45) is 0 Å². The van der Waals surface area contributed by atoms with E-state index in [1.54, 1.807) is 0 Å². The fraction of sp³-hybridized carbons (Fsp3) is 0.917. The topological polar surface area (TPSA) is 44.4 Å². The van der Waals surface area contributed by atoms with E-state index in [0.717, 1.165) is 25.9 Å². The first-order valence-corrected chi connectivity index (χ1v) is 6.47. The summed E-state index contributed by atoms with van der Waals surface area (Å²) >= 11 is 0. The van der Waals surface area contributed by atoms with Gasteiger partial charge >= 0.3 is 6.03 Å². The van der Waals surface area contributed by atoms with Gasteiger partial charge in [-0.3, -0.25) is 0 Å². The third-order valence-corrected chi connectivity index (χ3v) is 3.71. The standard InChI is InChI=1S/C12H23N3O/c1-9-8-15(10(2)7-13-9)12(16)14-11-5-3-4-6-11/h9-11,13H,3-8H2,1-2H3,(H,14,16). The lowest BCUT2D eigenvalue weighted by Crippen LogP contribution is -2.59. The summed E-state index contributed by atoms with van der Waals surface area (Å²) in [5.41, 5.74) is 0. The van der Waals surface area contributed by atoms with Gasteiger partial charge in [-0.05, 0) is 26.7 Å². The number of amides is 2. The van der Waals surface area contributed by atoms with Crippen LogP contribution in [0.15, 0.2) is 0 Å². The molecule has 2 N–H and O–H groups in total. The maximum Gasteiger partial charge on any atom is 0.317 e. The summed E-state index contributed by atoms with van der Waals surface area (Å²) in [7, 11) is 0. The van der Waals surface area contributed by atoms with Crippen molar-refractivity contribution in [3.05, 3.63) is 0 Å². The molecule has 1 heterocycles. The molecule has 0 bridgehead atoms. The Morgan fingerprint density at radius 3 is 2.69 bits per heavy atom. The molecule has 0 aromatic carbocycles. The van der Waals surface area contributed by atoms with Crippen LogP contribution in [0.25, 0.3) is 0 Å². The van der Waals surface area contributed by atoms with Gasteiger partial charge in [-0.1, -0.05) is 12.8 Å². The summed E-state index contributed by atoms with van der Waals surface area (Å²) in [5.74, 6) is 0. The van der Waals surface area contributed by atoms with Gasteiger partial charge in [0.1, 0.15) is 0 Å². The molecule has 92 valence electrons. The number of hydrogen-bond acceptors (Lipinski definition) is 2. The molecule has 2 amide bonds. The maximum atomic E-state index is 12.1. The number of hydrogen-bond donors (Lipinski definition) is 2. The van der Waals surface area contributed by atoms with E-state index in [9.17, 15) is 4.79 Å². The highest BCUT2D eigenvalue weighted by Crippen LogP contribution is 2.18. The van der Waals surface area contributed by atoms with Gasteiger partial charge in [0.15, 0.2) is 0 Å². The molecule has 2 unspecified atom stereocenters. The summed E-state index contributed by atoms with van der Waals surface area (Å²) < 4.78 is 0. The molecular formula is C12H23N3O. The van der Waals surface area contributed by atoms with Crippen LogP contribution in [-0.2, 0) is 0 Å². The van der Waals surface area contributed by atoms with E-state index in [2.05, 4.69) is 24.5 Å². The van der Waals surface area contributed by atoms with Crippen LogP contribution >= 0.6 is 0 Å². The van der Waals surface area contributed by atoms with Crippen LogP contribution in [0.1, 0.15) is 39.5 Å². The zero-order valence-electron chi connectivity index (χ0n) is 10.3. The molecule has 0 aromatic heterocycles. The van der Waals surface area contributed by atoms with E-state index in [1.807, 2.05) is 4.90 Å². The molecule has 2 aliphatic rings. The number of carbonyl (C=O) groups is 1. The van der Waals surface area contributed by atoms with Gasteiger partial charge < -0.3 is 15.5 Å². The van der Waals surface area contributed by atoms with Crippen molar-refractivity contribution >= 4 is 6.03 Å². The number of piperazine rings is 1. The summed E-state index contributed by atoms with van der Waals surface area (Å²) in [6.45, 7) is 5.95. The van der Waals surface area contributed by atoms with E-state index in [0.29, 0.717) is 18.1 Å². The molecular weight excluding hydrogens is 202 g/mol. The largest absolute Gasteiger partial charge is 0.335 e. The van der Waals surface area contributed by atoms with Gasteiger partial charge in [0.2, 0.25) is 0 Å². The minimum Gasteiger partial charge on any atom is -0.335 e. The van der Waals surface area contributed by atoms with Crippen molar-refractivity contribution < 1.29 is 4.79 Å². The van der Waals surface area contributed by atoms with Gasteiger partial charge in [-0.2, -0.15) is 0 Å². The monoisotopic (exact) mass is 225 g/mol. The quantitative estimate of drug-likeness (QED) is 0.707. The van der Waals surface area contributed by atoms with Crippen molar-refractivity contribution in [3.8, 4) is 0 Å². The van der Waals surface area contributed by atoms with Crippen LogP contribution in [0, 0.1) is 0 Å². The predicted molar refractivity (Wildman–Crippen MR) is 64.4 cm³/mol. The van der Waals surface area contributed by atoms with E-state index >= 15 is 0 Å². The van der Waals surface area contributed by atoms with Crippen LogP contribution in [0.3, 0.4) is 0 Å². The number of carbonyl (C=O) groups excluding carboxylic acids is 1. The van der Waals surface area contributed by atoms with E-state index in [1.165, 1.54) is 12.8 Å². The van der Waals surface area contributed by atoms with Crippen molar-refractivity contribution in [3.63, 3.8) is 0 Å². The second-order valence-corrected chi connectivity index (χ2v) is 5.24. The molecule has 16 heavy (non-hydrogen) atoms. The van der Waals surface area contributed by atoms with Crippen molar-refractivity contribution in [2.45, 2.75) is 57.7 Å². The van der Waals surface area contributed by atoms with Crippen molar-refractivity contribution in [1.29, 1.82) is 0 Å². The second kappa shape index (κ2) is 5.04. The van der Waals surface area contributed by atoms with Crippen molar-refractivity contribution in [1.82, 2.24) is 15.5 Å². The highest BCUT2D eigenvalue weighted by Gasteiger charge is 2.28. The smallest absolute Gasteiger partial charge is 0.317 e. The first-order chi connectivity index (χ1) is 7.66. The number of urea groups is 1. The molecule has 0 radical (unpaired) electrons. The molecule has 4 nitrogen and oxygen atoms in total. The molecule has 1 saturated carbocycles. The summed E-state index contributed by atoms with van der Waals surface area (Å²) in [6.07, 6.45) is 4.83. The van der Waals surface area contributed by atoms with Crippen LogP contribution < -0.4 is 10.6 Å². The number of rotatable bonds is 1. The summed E-state index contributed by atoms with van der Waals surface area (Å²) in [4.78, 5) is 14.1. The Morgan fingerprint density at radius 1 is 1.31 bits per heavy atom. The summed E-state index contributed by atoms with van der Waals surface area (Å²) in [5, 5.41) is 6.55. The number of nitrogens with zero attached hydrogens (tertiary/aromatic N) is 1. The van der Waals surface area contributed by atoms with Gasteiger partial charge in [-0.25, -0.2) is 4.79 Å². The Labute approximate surface area is 97.8 Å². The Kier molecular flexibility index (Phi) is 3.69. The normalized spacial score (nSPS) is 31.8. The minimum atomic E-state index is 0.132. The van der Waals surface area contributed by atoms with Gasteiger partial charge in [-0.15, -0.1) is 0 Å². The van der Waals surface area contributed by atoms with Crippen LogP contribution in [0.4, 0.5) is 4.79 Å². The van der Waals surface area contributed by atoms with Gasteiger partial charge in [0, 0.05) is 31.2 Å². The Hall–Kier alpha value is -0.770. The Morgan fingerprint density at radius 2 is 2.00 bits per heavy atom. The van der Waals surface area contributed by atoms with E-state index in [4.69, 9.17) is 0 Å². The zero-order valence-corrected chi connectivity index (χ0v) is 10.3. The van der Waals surface area contributed by atoms with Crippen LogP contribution in [0.5, 0.6) is 0 Å².